The largest absolute Gasteiger partial charge is 0.416 e. The fraction of sp³-hybridized carbons (Fsp3) is 0.364. The van der Waals surface area contributed by atoms with E-state index in [1.807, 2.05) is 4.90 Å². The summed E-state index contributed by atoms with van der Waals surface area (Å²) >= 11 is 6.01. The minimum Gasteiger partial charge on any atom is -0.368 e. The second-order valence-corrected chi connectivity index (χ2v) is 8.19. The molecule has 4 rings (SSSR count). The first-order valence-electron chi connectivity index (χ1n) is 10.2. The highest BCUT2D eigenvalue weighted by Gasteiger charge is 2.33. The van der Waals surface area contributed by atoms with Gasteiger partial charge in [-0.25, -0.2) is 4.79 Å². The summed E-state index contributed by atoms with van der Waals surface area (Å²) in [6.07, 6.45) is -4.39. The summed E-state index contributed by atoms with van der Waals surface area (Å²) in [5.41, 5.74) is 0.483. The van der Waals surface area contributed by atoms with E-state index in [2.05, 4.69) is 0 Å². The smallest absolute Gasteiger partial charge is 0.368 e. The van der Waals surface area contributed by atoms with Gasteiger partial charge in [0, 0.05) is 55.7 Å². The van der Waals surface area contributed by atoms with Gasteiger partial charge in [-0.1, -0.05) is 23.7 Å². The predicted octanol–water partition coefficient (Wildman–Crippen LogP) is 3.95. The highest BCUT2D eigenvalue weighted by Crippen LogP contribution is 2.32. The second-order valence-electron chi connectivity index (χ2n) is 7.75. The number of rotatable bonds is 4. The van der Waals surface area contributed by atoms with Crippen LogP contribution in [0.1, 0.15) is 5.56 Å². The lowest BCUT2D eigenvalue weighted by Gasteiger charge is -2.37. The number of benzene rings is 2. The van der Waals surface area contributed by atoms with Crippen molar-refractivity contribution in [3.05, 3.63) is 59.1 Å². The molecule has 2 heterocycles. The molecular weight excluding hydrogens is 445 g/mol. The lowest BCUT2D eigenvalue weighted by atomic mass is 10.1. The number of amides is 3. The van der Waals surface area contributed by atoms with Gasteiger partial charge in [-0.05, 0) is 36.4 Å². The first-order chi connectivity index (χ1) is 15.2. The molecule has 0 spiro atoms. The van der Waals surface area contributed by atoms with Gasteiger partial charge in [-0.2, -0.15) is 13.2 Å². The van der Waals surface area contributed by atoms with Crippen molar-refractivity contribution in [3.8, 4) is 0 Å². The molecule has 0 atom stereocenters. The lowest BCUT2D eigenvalue weighted by molar-refractivity contribution is -0.137. The van der Waals surface area contributed by atoms with E-state index in [4.69, 9.17) is 11.6 Å². The quantitative estimate of drug-likeness (QED) is 0.685. The van der Waals surface area contributed by atoms with Crippen LogP contribution >= 0.6 is 11.6 Å². The van der Waals surface area contributed by atoms with E-state index in [9.17, 15) is 22.8 Å². The van der Waals surface area contributed by atoms with Gasteiger partial charge in [0.25, 0.3) is 0 Å². The highest BCUT2D eigenvalue weighted by atomic mass is 35.5. The molecule has 0 aliphatic carbocycles. The molecule has 0 aromatic heterocycles. The fourth-order valence-corrected chi connectivity index (χ4v) is 4.15. The van der Waals surface area contributed by atoms with Gasteiger partial charge in [0.1, 0.15) is 6.54 Å². The standard InChI is InChI=1S/C22H22ClF3N4O2/c23-17-4-2-6-19(14-17)30-12-11-29(21(30)32)15-20(31)28-9-7-27(8-10-28)18-5-1-3-16(13-18)22(24,25)26/h1-6,13-14H,7-12,15H2. The van der Waals surface area contributed by atoms with Crippen LogP contribution in [0.5, 0.6) is 0 Å². The molecule has 10 heteroatoms. The average molecular weight is 467 g/mol. The third-order valence-electron chi connectivity index (χ3n) is 5.71. The molecule has 2 fully saturated rings. The Bertz CT molecular complexity index is 1010. The number of urea groups is 1. The van der Waals surface area contributed by atoms with Gasteiger partial charge < -0.3 is 14.7 Å². The van der Waals surface area contributed by atoms with Crippen molar-refractivity contribution in [3.63, 3.8) is 0 Å². The van der Waals surface area contributed by atoms with Crippen LogP contribution < -0.4 is 9.80 Å². The number of hydrogen-bond donors (Lipinski definition) is 0. The molecule has 0 saturated carbocycles. The molecule has 6 nitrogen and oxygen atoms in total. The van der Waals surface area contributed by atoms with Crippen LogP contribution in [0, 0.1) is 0 Å². The molecular formula is C22H22ClF3N4O2. The number of carbonyl (C=O) groups is 2. The van der Waals surface area contributed by atoms with Crippen molar-refractivity contribution in [2.75, 3.05) is 55.6 Å². The van der Waals surface area contributed by atoms with E-state index in [1.54, 1.807) is 40.1 Å². The molecule has 2 saturated heterocycles. The molecule has 170 valence electrons. The number of nitrogens with zero attached hydrogens (tertiary/aromatic N) is 4. The number of halogens is 4. The molecule has 2 aliphatic heterocycles. The molecule has 0 radical (unpaired) electrons. The summed E-state index contributed by atoms with van der Waals surface area (Å²) in [5.74, 6) is -0.171. The van der Waals surface area contributed by atoms with Crippen molar-refractivity contribution < 1.29 is 22.8 Å². The minimum absolute atomic E-state index is 0.0283. The van der Waals surface area contributed by atoms with Crippen LogP contribution in [0.3, 0.4) is 0 Å². The maximum Gasteiger partial charge on any atom is 0.416 e. The zero-order valence-electron chi connectivity index (χ0n) is 17.2. The van der Waals surface area contributed by atoms with Gasteiger partial charge in [0.15, 0.2) is 0 Å². The molecule has 2 aromatic carbocycles. The Morgan fingerprint density at radius 2 is 1.59 bits per heavy atom. The van der Waals surface area contributed by atoms with E-state index in [-0.39, 0.29) is 18.5 Å². The summed E-state index contributed by atoms with van der Waals surface area (Å²) in [7, 11) is 0. The maximum absolute atomic E-state index is 13.0. The summed E-state index contributed by atoms with van der Waals surface area (Å²) in [6.45, 7) is 2.49. The van der Waals surface area contributed by atoms with Crippen molar-refractivity contribution in [1.82, 2.24) is 9.80 Å². The van der Waals surface area contributed by atoms with E-state index in [1.165, 1.54) is 11.0 Å². The van der Waals surface area contributed by atoms with Gasteiger partial charge in [0.2, 0.25) is 5.91 Å². The number of anilines is 2. The van der Waals surface area contributed by atoms with Crippen LogP contribution in [0.4, 0.5) is 29.3 Å². The Hall–Kier alpha value is -2.94. The van der Waals surface area contributed by atoms with Gasteiger partial charge >= 0.3 is 12.2 Å². The highest BCUT2D eigenvalue weighted by molar-refractivity contribution is 6.30. The minimum atomic E-state index is -4.39. The zero-order valence-corrected chi connectivity index (χ0v) is 17.9. The summed E-state index contributed by atoms with van der Waals surface area (Å²) in [4.78, 5) is 32.1. The SMILES string of the molecule is O=C(CN1CCN(c2cccc(Cl)c2)C1=O)N1CCN(c2cccc(C(F)(F)F)c2)CC1. The average Bonchev–Trinajstić information content (AvgIpc) is 3.13. The van der Waals surface area contributed by atoms with Crippen molar-refractivity contribution >= 4 is 34.9 Å². The third kappa shape index (κ3) is 4.77. The fourth-order valence-electron chi connectivity index (χ4n) is 3.97. The molecule has 2 aliphatic rings. The van der Waals surface area contributed by atoms with E-state index >= 15 is 0 Å². The van der Waals surface area contributed by atoms with E-state index in [0.717, 1.165) is 12.1 Å². The van der Waals surface area contributed by atoms with Gasteiger partial charge in [-0.3, -0.25) is 9.69 Å². The van der Waals surface area contributed by atoms with Crippen LogP contribution in [0.25, 0.3) is 0 Å². The van der Waals surface area contributed by atoms with Gasteiger partial charge in [0.05, 0.1) is 5.56 Å². The number of alkyl halides is 3. The van der Waals surface area contributed by atoms with Crippen LogP contribution in [-0.2, 0) is 11.0 Å². The number of carbonyl (C=O) groups excluding carboxylic acids is 2. The topological polar surface area (TPSA) is 47.1 Å². The Kier molecular flexibility index (Phi) is 6.19. The van der Waals surface area contributed by atoms with Crippen LogP contribution in [-0.4, -0.2) is 67.6 Å². The Morgan fingerprint density at radius 3 is 2.28 bits per heavy atom. The molecule has 0 N–H and O–H groups in total. The third-order valence-corrected chi connectivity index (χ3v) is 5.95. The Labute approximate surface area is 188 Å². The Morgan fingerprint density at radius 1 is 0.906 bits per heavy atom. The normalized spacial score (nSPS) is 17.3. The monoisotopic (exact) mass is 466 g/mol. The van der Waals surface area contributed by atoms with Crippen molar-refractivity contribution in [2.24, 2.45) is 0 Å². The van der Waals surface area contributed by atoms with Crippen molar-refractivity contribution in [2.45, 2.75) is 6.18 Å². The molecule has 0 unspecified atom stereocenters. The first-order valence-corrected chi connectivity index (χ1v) is 10.6. The first kappa shape index (κ1) is 22.3. The Balaban J connectivity index is 1.32. The van der Waals surface area contributed by atoms with Crippen LogP contribution in [0.2, 0.25) is 5.02 Å². The predicted molar refractivity (Wildman–Crippen MR) is 116 cm³/mol. The summed E-state index contributed by atoms with van der Waals surface area (Å²) < 4.78 is 38.9. The molecule has 3 amide bonds. The second kappa shape index (κ2) is 8.90. The molecule has 32 heavy (non-hydrogen) atoms. The zero-order chi connectivity index (χ0) is 22.9. The number of piperazine rings is 1. The summed E-state index contributed by atoms with van der Waals surface area (Å²) in [6, 6.07) is 12.0. The van der Waals surface area contributed by atoms with E-state index < -0.39 is 11.7 Å². The lowest BCUT2D eigenvalue weighted by Crippen LogP contribution is -2.51. The number of hydrogen-bond acceptors (Lipinski definition) is 3. The van der Waals surface area contributed by atoms with E-state index in [0.29, 0.717) is 55.7 Å². The van der Waals surface area contributed by atoms with Crippen LogP contribution in [0.15, 0.2) is 48.5 Å². The maximum atomic E-state index is 13.0. The van der Waals surface area contributed by atoms with Crippen molar-refractivity contribution in [1.29, 1.82) is 0 Å². The van der Waals surface area contributed by atoms with Gasteiger partial charge in [-0.15, -0.1) is 0 Å². The molecule has 0 bridgehead atoms. The summed E-state index contributed by atoms with van der Waals surface area (Å²) in [5, 5.41) is 0.531. The molecule has 2 aromatic rings.